The van der Waals surface area contributed by atoms with Gasteiger partial charge in [-0.05, 0) is 40.8 Å². The molecule has 1 aromatic carbocycles. The van der Waals surface area contributed by atoms with E-state index in [0.29, 0.717) is 5.92 Å². The van der Waals surface area contributed by atoms with Gasteiger partial charge in [0, 0.05) is 17.1 Å². The largest absolute Gasteiger partial charge is 0.260 e. The van der Waals surface area contributed by atoms with Crippen LogP contribution in [-0.2, 0) is 6.42 Å². The minimum Gasteiger partial charge on any atom is -0.260 e. The van der Waals surface area contributed by atoms with Crippen LogP contribution in [0.5, 0.6) is 0 Å². The summed E-state index contributed by atoms with van der Waals surface area (Å²) in [7, 11) is 0. The zero-order valence-electron chi connectivity index (χ0n) is 11.2. The highest BCUT2D eigenvalue weighted by molar-refractivity contribution is 6.31. The van der Waals surface area contributed by atoms with Crippen LogP contribution < -0.4 is 0 Å². The van der Waals surface area contributed by atoms with Crippen LogP contribution in [0.4, 0.5) is 0 Å². The van der Waals surface area contributed by atoms with Crippen molar-refractivity contribution in [2.24, 2.45) is 0 Å². The van der Waals surface area contributed by atoms with Gasteiger partial charge in [-0.1, -0.05) is 49.7 Å². The number of hydrogen-bond acceptors (Lipinski definition) is 1. The van der Waals surface area contributed by atoms with Crippen molar-refractivity contribution in [3.63, 3.8) is 0 Å². The van der Waals surface area contributed by atoms with Gasteiger partial charge in [0.05, 0.1) is 5.69 Å². The Morgan fingerprint density at radius 3 is 2.79 bits per heavy atom. The fourth-order valence-electron chi connectivity index (χ4n) is 2.70. The van der Waals surface area contributed by atoms with E-state index in [-0.39, 0.29) is 0 Å². The third-order valence-corrected chi connectivity index (χ3v) is 4.18. The summed E-state index contributed by atoms with van der Waals surface area (Å²) < 4.78 is 0. The second-order valence-corrected chi connectivity index (χ2v) is 5.37. The molecule has 0 saturated carbocycles. The molecule has 1 atom stereocenters. The predicted octanol–water partition coefficient (Wildman–Crippen LogP) is 4.93. The lowest BCUT2D eigenvalue weighted by molar-refractivity contribution is 0.864. The van der Waals surface area contributed by atoms with Crippen LogP contribution in [0.15, 0.2) is 30.5 Å². The Bertz CT molecular complexity index is 658. The van der Waals surface area contributed by atoms with Crippen molar-refractivity contribution in [1.82, 2.24) is 4.98 Å². The second-order valence-electron chi connectivity index (χ2n) is 4.96. The molecule has 0 amide bonds. The highest BCUT2D eigenvalue weighted by atomic mass is 35.5. The van der Waals surface area contributed by atoms with E-state index in [4.69, 9.17) is 11.6 Å². The van der Waals surface area contributed by atoms with Crippen molar-refractivity contribution in [1.29, 1.82) is 0 Å². The van der Waals surface area contributed by atoms with Gasteiger partial charge in [-0.15, -0.1) is 0 Å². The molecule has 1 aliphatic carbocycles. The fourth-order valence-corrected chi connectivity index (χ4v) is 3.01. The number of halogens is 1. The van der Waals surface area contributed by atoms with Gasteiger partial charge in [0.1, 0.15) is 0 Å². The van der Waals surface area contributed by atoms with Crippen molar-refractivity contribution >= 4 is 23.8 Å². The summed E-state index contributed by atoms with van der Waals surface area (Å²) in [6, 6.07) is 8.41. The molecule has 1 heterocycles. The Morgan fingerprint density at radius 2 is 2.00 bits per heavy atom. The number of aryl methyl sites for hydroxylation is 1. The van der Waals surface area contributed by atoms with Gasteiger partial charge in [-0.25, -0.2) is 0 Å². The Hall–Kier alpha value is -1.60. The van der Waals surface area contributed by atoms with E-state index in [1.54, 1.807) is 0 Å². The van der Waals surface area contributed by atoms with Crippen molar-refractivity contribution in [2.75, 3.05) is 0 Å². The maximum atomic E-state index is 6.32. The fraction of sp³-hybridized carbons (Fsp3) is 0.235. The summed E-state index contributed by atoms with van der Waals surface area (Å²) in [5, 5.41) is 0.858. The molecule has 1 unspecified atom stereocenters. The van der Waals surface area contributed by atoms with Crippen LogP contribution in [0, 0.1) is 0 Å². The van der Waals surface area contributed by atoms with E-state index in [1.165, 1.54) is 22.3 Å². The number of nitrogens with zero attached hydrogens (tertiary/aromatic N) is 1. The van der Waals surface area contributed by atoms with E-state index >= 15 is 0 Å². The first-order valence-corrected chi connectivity index (χ1v) is 7.03. The maximum absolute atomic E-state index is 6.32. The molecule has 1 nitrogen and oxygen atoms in total. The average molecular weight is 270 g/mol. The lowest BCUT2D eigenvalue weighted by atomic mass is 9.91. The number of hydrogen-bond donors (Lipinski definition) is 0. The third kappa shape index (κ3) is 2.08. The zero-order chi connectivity index (χ0) is 13.4. The molecular formula is C17H16ClN. The Kier molecular flexibility index (Phi) is 3.16. The standard InChI is InChI=1S/C17H16ClN/c1-3-12-9-15-11(2)17-13(5-4-8-19-17)6-7-14(15)10-16(12)18/h4-11H,3H2,1-2H3. The summed E-state index contributed by atoms with van der Waals surface area (Å²) in [5.41, 5.74) is 6.06. The SMILES string of the molecule is CCc1cc2c(cc1Cl)C=Cc1cccnc1C2C. The molecule has 0 saturated heterocycles. The number of fused-ring (bicyclic) bond motifs is 2. The van der Waals surface area contributed by atoms with Crippen LogP contribution in [-0.4, -0.2) is 4.98 Å². The van der Waals surface area contributed by atoms with Crippen molar-refractivity contribution in [3.05, 3.63) is 63.4 Å². The highest BCUT2D eigenvalue weighted by Gasteiger charge is 2.19. The molecular weight excluding hydrogens is 254 g/mol. The van der Waals surface area contributed by atoms with Crippen molar-refractivity contribution in [3.8, 4) is 0 Å². The van der Waals surface area contributed by atoms with E-state index < -0.39 is 0 Å². The minimum atomic E-state index is 0.295. The van der Waals surface area contributed by atoms with Gasteiger partial charge in [-0.2, -0.15) is 0 Å². The molecule has 3 rings (SSSR count). The molecule has 1 aliphatic rings. The molecule has 0 radical (unpaired) electrons. The van der Waals surface area contributed by atoms with Crippen LogP contribution in [0.3, 0.4) is 0 Å². The Balaban J connectivity index is 2.23. The van der Waals surface area contributed by atoms with Gasteiger partial charge in [0.25, 0.3) is 0 Å². The number of rotatable bonds is 1. The molecule has 0 bridgehead atoms. The summed E-state index contributed by atoms with van der Waals surface area (Å²) in [4.78, 5) is 4.55. The normalized spacial score (nSPS) is 16.7. The number of aromatic nitrogens is 1. The van der Waals surface area contributed by atoms with Crippen LogP contribution in [0.1, 0.15) is 47.7 Å². The van der Waals surface area contributed by atoms with Gasteiger partial charge >= 0.3 is 0 Å². The smallest absolute Gasteiger partial charge is 0.0548 e. The van der Waals surface area contributed by atoms with Crippen LogP contribution in [0.25, 0.3) is 12.2 Å². The molecule has 0 N–H and O–H groups in total. The molecule has 0 spiro atoms. The van der Waals surface area contributed by atoms with E-state index in [9.17, 15) is 0 Å². The topological polar surface area (TPSA) is 12.9 Å². The first-order valence-electron chi connectivity index (χ1n) is 6.66. The van der Waals surface area contributed by atoms with E-state index in [0.717, 1.165) is 17.1 Å². The molecule has 2 heteroatoms. The first-order chi connectivity index (χ1) is 9.20. The molecule has 96 valence electrons. The monoisotopic (exact) mass is 269 g/mol. The van der Waals surface area contributed by atoms with Gasteiger partial charge < -0.3 is 0 Å². The zero-order valence-corrected chi connectivity index (χ0v) is 11.9. The van der Waals surface area contributed by atoms with E-state index in [1.807, 2.05) is 12.3 Å². The quantitative estimate of drug-likeness (QED) is 0.715. The van der Waals surface area contributed by atoms with Crippen LogP contribution in [0.2, 0.25) is 5.02 Å². The van der Waals surface area contributed by atoms with Crippen molar-refractivity contribution < 1.29 is 0 Å². The van der Waals surface area contributed by atoms with Gasteiger partial charge in [-0.3, -0.25) is 4.98 Å². The van der Waals surface area contributed by atoms with E-state index in [2.05, 4.69) is 49.2 Å². The number of benzene rings is 1. The van der Waals surface area contributed by atoms with Crippen LogP contribution >= 0.6 is 11.6 Å². The Labute approximate surface area is 119 Å². The number of pyridine rings is 1. The lowest BCUT2D eigenvalue weighted by Crippen LogP contribution is -2.03. The third-order valence-electron chi connectivity index (χ3n) is 3.82. The van der Waals surface area contributed by atoms with Gasteiger partial charge in [0.2, 0.25) is 0 Å². The van der Waals surface area contributed by atoms with Crippen molar-refractivity contribution in [2.45, 2.75) is 26.2 Å². The lowest BCUT2D eigenvalue weighted by Gasteiger charge is -2.16. The molecule has 19 heavy (non-hydrogen) atoms. The molecule has 1 aromatic heterocycles. The first kappa shape index (κ1) is 12.4. The maximum Gasteiger partial charge on any atom is 0.0548 e. The highest BCUT2D eigenvalue weighted by Crippen LogP contribution is 2.35. The summed E-state index contributed by atoms with van der Waals surface area (Å²) in [6.45, 7) is 4.35. The Morgan fingerprint density at radius 1 is 1.21 bits per heavy atom. The summed E-state index contributed by atoms with van der Waals surface area (Å²) >= 11 is 6.32. The predicted molar refractivity (Wildman–Crippen MR) is 81.5 cm³/mol. The summed E-state index contributed by atoms with van der Waals surface area (Å²) in [5.74, 6) is 0.295. The second kappa shape index (κ2) is 4.82. The average Bonchev–Trinajstić information content (AvgIpc) is 2.57. The minimum absolute atomic E-state index is 0.295. The molecule has 0 aliphatic heterocycles. The molecule has 0 fully saturated rings. The van der Waals surface area contributed by atoms with Gasteiger partial charge in [0.15, 0.2) is 0 Å². The molecule has 2 aromatic rings. The summed E-state index contributed by atoms with van der Waals surface area (Å²) in [6.07, 6.45) is 7.10.